The molecule has 1 N–H and O–H groups in total. The fraction of sp³-hybridized carbons (Fsp3) is 0.474. The van der Waals surface area contributed by atoms with Gasteiger partial charge in [-0.05, 0) is 37.6 Å². The lowest BCUT2D eigenvalue weighted by Crippen LogP contribution is -2.52. The number of nitrogens with zero attached hydrogens (tertiary/aromatic N) is 4. The van der Waals surface area contributed by atoms with E-state index >= 15 is 0 Å². The minimum absolute atomic E-state index is 0.0665. The van der Waals surface area contributed by atoms with E-state index in [0.717, 1.165) is 18.7 Å². The van der Waals surface area contributed by atoms with Crippen molar-refractivity contribution in [2.75, 3.05) is 32.7 Å². The first-order valence-electron chi connectivity index (χ1n) is 8.70. The van der Waals surface area contributed by atoms with E-state index in [1.54, 1.807) is 6.20 Å². The molecule has 0 aromatic carbocycles. The van der Waals surface area contributed by atoms with Crippen molar-refractivity contribution in [3.63, 3.8) is 0 Å². The van der Waals surface area contributed by atoms with Crippen LogP contribution in [-0.2, 0) is 6.54 Å². The van der Waals surface area contributed by atoms with Crippen LogP contribution in [0.1, 0.15) is 29.9 Å². The van der Waals surface area contributed by atoms with E-state index in [0.29, 0.717) is 31.9 Å². The van der Waals surface area contributed by atoms with Crippen LogP contribution in [0.3, 0.4) is 0 Å². The van der Waals surface area contributed by atoms with E-state index in [1.165, 1.54) is 0 Å². The van der Waals surface area contributed by atoms with Crippen molar-refractivity contribution in [1.82, 2.24) is 19.4 Å². The van der Waals surface area contributed by atoms with Gasteiger partial charge in [0.25, 0.3) is 5.91 Å². The summed E-state index contributed by atoms with van der Waals surface area (Å²) in [6.45, 7) is 7.86. The predicted octanol–water partition coefficient (Wildman–Crippen LogP) is 1.46. The van der Waals surface area contributed by atoms with Crippen LogP contribution in [0.5, 0.6) is 0 Å². The Hall–Kier alpha value is -2.18. The summed E-state index contributed by atoms with van der Waals surface area (Å²) in [7, 11) is 0. The summed E-state index contributed by atoms with van der Waals surface area (Å²) >= 11 is 0. The van der Waals surface area contributed by atoms with Gasteiger partial charge in [-0.15, -0.1) is 0 Å². The highest BCUT2D eigenvalue weighted by atomic mass is 16.3. The summed E-state index contributed by atoms with van der Waals surface area (Å²) in [5.74, 6) is 0.0665. The van der Waals surface area contributed by atoms with E-state index in [1.807, 2.05) is 60.0 Å². The van der Waals surface area contributed by atoms with Crippen LogP contribution in [-0.4, -0.2) is 68.7 Å². The molecule has 0 aliphatic carbocycles. The summed E-state index contributed by atoms with van der Waals surface area (Å²) < 4.78 is 1.97. The smallest absolute Gasteiger partial charge is 0.270 e. The molecule has 0 radical (unpaired) electrons. The average molecular weight is 342 g/mol. The monoisotopic (exact) mass is 342 g/mol. The number of hydrogen-bond donors (Lipinski definition) is 1. The molecule has 1 saturated heterocycles. The van der Waals surface area contributed by atoms with Gasteiger partial charge in [0, 0.05) is 57.9 Å². The Morgan fingerprint density at radius 1 is 1.20 bits per heavy atom. The normalized spacial score (nSPS) is 16.2. The standard InChI is InChI=1S/C19H26N4O2/c1-19(2,25)15-21-9-11-22(12-10-21)18(24)17-6-4-8-23(17)14-16-5-3-7-20-13-16/h3-8,13,25H,9-12,14-15H2,1-2H3. The Morgan fingerprint density at radius 3 is 2.60 bits per heavy atom. The van der Waals surface area contributed by atoms with E-state index in [4.69, 9.17) is 0 Å². The Balaban J connectivity index is 1.62. The lowest BCUT2D eigenvalue weighted by molar-refractivity contribution is 0.0176. The van der Waals surface area contributed by atoms with E-state index in [9.17, 15) is 9.90 Å². The van der Waals surface area contributed by atoms with Crippen molar-refractivity contribution in [1.29, 1.82) is 0 Å². The maximum atomic E-state index is 12.9. The van der Waals surface area contributed by atoms with Gasteiger partial charge >= 0.3 is 0 Å². The lowest BCUT2D eigenvalue weighted by atomic mass is 10.1. The summed E-state index contributed by atoms with van der Waals surface area (Å²) in [4.78, 5) is 21.1. The zero-order chi connectivity index (χ0) is 17.9. The number of aromatic nitrogens is 2. The van der Waals surface area contributed by atoms with Crippen molar-refractivity contribution in [3.05, 3.63) is 54.1 Å². The summed E-state index contributed by atoms with van der Waals surface area (Å²) in [6.07, 6.45) is 5.51. The number of pyridine rings is 1. The molecule has 3 heterocycles. The van der Waals surface area contributed by atoms with Gasteiger partial charge < -0.3 is 14.6 Å². The van der Waals surface area contributed by atoms with Crippen molar-refractivity contribution in [3.8, 4) is 0 Å². The number of amides is 1. The zero-order valence-corrected chi connectivity index (χ0v) is 14.9. The fourth-order valence-electron chi connectivity index (χ4n) is 3.25. The molecule has 134 valence electrons. The molecule has 0 atom stereocenters. The number of piperazine rings is 1. The van der Waals surface area contributed by atoms with Gasteiger partial charge in [-0.3, -0.25) is 14.7 Å². The second-order valence-electron chi connectivity index (χ2n) is 7.26. The average Bonchev–Trinajstić information content (AvgIpc) is 3.02. The zero-order valence-electron chi connectivity index (χ0n) is 14.9. The second kappa shape index (κ2) is 7.37. The van der Waals surface area contributed by atoms with E-state index < -0.39 is 5.60 Å². The summed E-state index contributed by atoms with van der Waals surface area (Å²) in [6, 6.07) is 7.70. The number of β-amino-alcohol motifs (C(OH)–C–C–N with tert-alkyl or cyclic N) is 1. The first-order valence-corrected chi connectivity index (χ1v) is 8.70. The number of carbonyl (C=O) groups is 1. The molecule has 1 aliphatic rings. The van der Waals surface area contributed by atoms with Gasteiger partial charge in [0.1, 0.15) is 5.69 Å². The molecule has 25 heavy (non-hydrogen) atoms. The fourth-order valence-corrected chi connectivity index (χ4v) is 3.25. The van der Waals surface area contributed by atoms with Crippen LogP contribution in [0.2, 0.25) is 0 Å². The molecular formula is C19H26N4O2. The van der Waals surface area contributed by atoms with Gasteiger partial charge in [0.2, 0.25) is 0 Å². The van der Waals surface area contributed by atoms with Crippen molar-refractivity contribution in [2.24, 2.45) is 0 Å². The molecular weight excluding hydrogens is 316 g/mol. The molecule has 2 aromatic heterocycles. The molecule has 0 spiro atoms. The highest BCUT2D eigenvalue weighted by Crippen LogP contribution is 2.14. The van der Waals surface area contributed by atoms with E-state index in [2.05, 4.69) is 9.88 Å². The molecule has 1 aliphatic heterocycles. The molecule has 1 fully saturated rings. The second-order valence-corrected chi connectivity index (χ2v) is 7.26. The molecule has 6 nitrogen and oxygen atoms in total. The minimum Gasteiger partial charge on any atom is -0.389 e. The third kappa shape index (κ3) is 4.67. The lowest BCUT2D eigenvalue weighted by Gasteiger charge is -2.37. The maximum Gasteiger partial charge on any atom is 0.270 e. The van der Waals surface area contributed by atoms with Crippen LogP contribution >= 0.6 is 0 Å². The molecule has 6 heteroatoms. The third-order valence-electron chi connectivity index (χ3n) is 4.39. The quantitative estimate of drug-likeness (QED) is 0.894. The highest BCUT2D eigenvalue weighted by Gasteiger charge is 2.26. The first kappa shape index (κ1) is 17.6. The molecule has 2 aromatic rings. The Labute approximate surface area is 148 Å². The predicted molar refractivity (Wildman–Crippen MR) is 96.4 cm³/mol. The number of hydrogen-bond acceptors (Lipinski definition) is 4. The van der Waals surface area contributed by atoms with Crippen LogP contribution in [0, 0.1) is 0 Å². The SMILES string of the molecule is CC(C)(O)CN1CCN(C(=O)c2cccn2Cc2cccnc2)CC1. The first-order chi connectivity index (χ1) is 11.9. The third-order valence-corrected chi connectivity index (χ3v) is 4.39. The summed E-state index contributed by atoms with van der Waals surface area (Å²) in [5.41, 5.74) is 1.08. The van der Waals surface area contributed by atoms with Crippen LogP contribution in [0.15, 0.2) is 42.9 Å². The summed E-state index contributed by atoms with van der Waals surface area (Å²) in [5, 5.41) is 9.94. The molecule has 0 unspecified atom stereocenters. The number of aliphatic hydroxyl groups is 1. The van der Waals surface area contributed by atoms with Crippen molar-refractivity contribution >= 4 is 5.91 Å². The van der Waals surface area contributed by atoms with Crippen molar-refractivity contribution < 1.29 is 9.90 Å². The Bertz CT molecular complexity index is 698. The molecule has 0 saturated carbocycles. The van der Waals surface area contributed by atoms with Gasteiger partial charge in [-0.2, -0.15) is 0 Å². The van der Waals surface area contributed by atoms with Crippen molar-refractivity contribution in [2.45, 2.75) is 26.0 Å². The highest BCUT2D eigenvalue weighted by molar-refractivity contribution is 5.92. The molecule has 3 rings (SSSR count). The maximum absolute atomic E-state index is 12.9. The van der Waals surface area contributed by atoms with Crippen LogP contribution in [0.4, 0.5) is 0 Å². The minimum atomic E-state index is -0.704. The Morgan fingerprint density at radius 2 is 1.96 bits per heavy atom. The Kier molecular flexibility index (Phi) is 5.20. The number of rotatable bonds is 5. The van der Waals surface area contributed by atoms with E-state index in [-0.39, 0.29) is 5.91 Å². The van der Waals surface area contributed by atoms with Crippen LogP contribution < -0.4 is 0 Å². The largest absolute Gasteiger partial charge is 0.389 e. The van der Waals surface area contributed by atoms with Gasteiger partial charge in [0.05, 0.1) is 5.60 Å². The molecule has 1 amide bonds. The van der Waals surface area contributed by atoms with Gasteiger partial charge in [0.15, 0.2) is 0 Å². The molecule has 0 bridgehead atoms. The number of carbonyl (C=O) groups excluding carboxylic acids is 1. The topological polar surface area (TPSA) is 61.6 Å². The van der Waals surface area contributed by atoms with Gasteiger partial charge in [-0.25, -0.2) is 0 Å². The van der Waals surface area contributed by atoms with Gasteiger partial charge in [-0.1, -0.05) is 6.07 Å². The van der Waals surface area contributed by atoms with Crippen LogP contribution in [0.25, 0.3) is 0 Å².